The Bertz CT molecular complexity index is 2110. The van der Waals surface area contributed by atoms with Gasteiger partial charge in [0.25, 0.3) is 11.8 Å². The van der Waals surface area contributed by atoms with Gasteiger partial charge in [-0.25, -0.2) is 0 Å². The van der Waals surface area contributed by atoms with Crippen molar-refractivity contribution >= 4 is 58.2 Å². The zero-order valence-corrected chi connectivity index (χ0v) is 34.1. The molecule has 0 aromatic heterocycles. The lowest BCUT2D eigenvalue weighted by Gasteiger charge is -2.31. The number of nitrogens with one attached hydrogen (secondary N) is 2. The largest absolute Gasteiger partial charge is 0.482 e. The van der Waals surface area contributed by atoms with Crippen molar-refractivity contribution in [2.24, 2.45) is 0 Å². The van der Waals surface area contributed by atoms with Crippen molar-refractivity contribution in [3.8, 4) is 44.9 Å². The van der Waals surface area contributed by atoms with Gasteiger partial charge in [0.2, 0.25) is 11.8 Å². The summed E-state index contributed by atoms with van der Waals surface area (Å²) in [5, 5.41) is 7.05. The van der Waals surface area contributed by atoms with Crippen LogP contribution in [0.4, 0.5) is 11.4 Å². The molecule has 14 heteroatoms. The molecule has 12 nitrogen and oxygen atoms in total. The van der Waals surface area contributed by atoms with E-state index in [1.165, 1.54) is 0 Å². The van der Waals surface area contributed by atoms with E-state index < -0.39 is 0 Å². The van der Waals surface area contributed by atoms with Crippen molar-refractivity contribution in [1.29, 1.82) is 0 Å². The van der Waals surface area contributed by atoms with E-state index in [1.54, 1.807) is 9.80 Å². The van der Waals surface area contributed by atoms with Crippen LogP contribution in [0.15, 0.2) is 72.8 Å². The third kappa shape index (κ3) is 8.38. The number of halogens is 2. The van der Waals surface area contributed by atoms with Crippen LogP contribution in [0, 0.1) is 0 Å². The second-order valence-electron chi connectivity index (χ2n) is 15.5. The number of carbonyl (C=O) groups is 4. The molecule has 2 N–H and O–H groups in total. The zero-order chi connectivity index (χ0) is 40.5. The molecular weight excluding hydrogens is 779 g/mol. The minimum absolute atomic E-state index is 0.0587. The number of rotatable bonds is 13. The fourth-order valence-electron chi connectivity index (χ4n) is 8.27. The van der Waals surface area contributed by atoms with Gasteiger partial charge in [0.15, 0.2) is 13.2 Å². The first-order valence-electron chi connectivity index (χ1n) is 19.7. The van der Waals surface area contributed by atoms with E-state index in [1.807, 2.05) is 86.9 Å². The second kappa shape index (κ2) is 17.0. The van der Waals surface area contributed by atoms with Gasteiger partial charge in [0.1, 0.15) is 11.5 Å². The Labute approximate surface area is 347 Å². The number of amides is 4. The molecule has 2 atom stereocenters. The Morgan fingerprint density at radius 2 is 1.03 bits per heavy atom. The summed E-state index contributed by atoms with van der Waals surface area (Å²) in [5.74, 6) is 1.17. The van der Waals surface area contributed by atoms with Crippen LogP contribution in [0.25, 0.3) is 33.4 Å². The predicted octanol–water partition coefficient (Wildman–Crippen LogP) is 5.87. The molecule has 0 bridgehead atoms. The van der Waals surface area contributed by atoms with E-state index in [0.29, 0.717) is 71.9 Å². The lowest BCUT2D eigenvalue weighted by molar-refractivity contribution is -0.122. The van der Waals surface area contributed by atoms with Crippen LogP contribution in [0.2, 0.25) is 10.0 Å². The van der Waals surface area contributed by atoms with E-state index in [0.717, 1.165) is 59.3 Å². The molecule has 302 valence electrons. The van der Waals surface area contributed by atoms with E-state index in [4.69, 9.17) is 32.7 Å². The van der Waals surface area contributed by atoms with E-state index in [-0.39, 0.29) is 48.9 Å². The quantitative estimate of drug-likeness (QED) is 0.172. The maximum absolute atomic E-state index is 13.0. The van der Waals surface area contributed by atoms with Gasteiger partial charge in [-0.15, -0.1) is 0 Å². The molecule has 4 amide bonds. The minimum atomic E-state index is -0.107. The van der Waals surface area contributed by atoms with Gasteiger partial charge in [-0.1, -0.05) is 71.7 Å². The number of likely N-dealkylation sites (N-methyl/N-ethyl adjacent to an activating group) is 2. The highest BCUT2D eigenvalue weighted by molar-refractivity contribution is 6.39. The van der Waals surface area contributed by atoms with Gasteiger partial charge >= 0.3 is 0 Å². The van der Waals surface area contributed by atoms with Gasteiger partial charge in [0, 0.05) is 86.4 Å². The van der Waals surface area contributed by atoms with Crippen molar-refractivity contribution in [3.63, 3.8) is 0 Å². The Kier molecular flexibility index (Phi) is 11.6. The molecule has 0 spiro atoms. The molecule has 8 rings (SSSR count). The number of fused-ring (bicyclic) bond motifs is 2. The molecule has 2 saturated heterocycles. The van der Waals surface area contributed by atoms with Gasteiger partial charge in [-0.2, -0.15) is 0 Å². The van der Waals surface area contributed by atoms with Gasteiger partial charge in [-0.3, -0.25) is 19.2 Å². The average Bonchev–Trinajstić information content (AvgIpc) is 3.82. The fourth-order valence-corrected chi connectivity index (χ4v) is 8.94. The number of nitrogens with zero attached hydrogens (tertiary/aromatic N) is 4. The second-order valence-corrected chi connectivity index (χ2v) is 16.3. The van der Waals surface area contributed by atoms with Gasteiger partial charge < -0.3 is 39.7 Å². The third-order valence-corrected chi connectivity index (χ3v) is 12.2. The van der Waals surface area contributed by atoms with Gasteiger partial charge in [0.05, 0.1) is 21.4 Å². The first-order chi connectivity index (χ1) is 28.0. The SMILES string of the molecule is CN(CCN1C(=O)COc2cc(-c3cccc(-c4cccc(-c5ccc6c(c5)OCC(=O)N6CCN(C)C[C@@H]5CCC(=O)N5)c4Cl)c3Cl)ccc21)C[C@@H]1CCC(=O)N1. The van der Waals surface area contributed by atoms with Crippen molar-refractivity contribution in [3.05, 3.63) is 82.8 Å². The summed E-state index contributed by atoms with van der Waals surface area (Å²) in [4.78, 5) is 57.0. The molecule has 4 aromatic carbocycles. The molecule has 2 fully saturated rings. The highest BCUT2D eigenvalue weighted by Gasteiger charge is 2.30. The van der Waals surface area contributed by atoms with E-state index in [9.17, 15) is 19.2 Å². The summed E-state index contributed by atoms with van der Waals surface area (Å²) < 4.78 is 11.9. The van der Waals surface area contributed by atoms with Crippen molar-refractivity contribution in [1.82, 2.24) is 20.4 Å². The highest BCUT2D eigenvalue weighted by atomic mass is 35.5. The summed E-state index contributed by atoms with van der Waals surface area (Å²) in [6.45, 7) is 3.60. The van der Waals surface area contributed by atoms with Crippen LogP contribution >= 0.6 is 23.2 Å². The summed E-state index contributed by atoms with van der Waals surface area (Å²) in [6.07, 6.45) is 2.77. The number of hydrogen-bond donors (Lipinski definition) is 2. The first kappa shape index (κ1) is 39.7. The Morgan fingerprint density at radius 3 is 1.43 bits per heavy atom. The molecule has 4 heterocycles. The van der Waals surface area contributed by atoms with Crippen molar-refractivity contribution < 1.29 is 28.7 Å². The minimum Gasteiger partial charge on any atom is -0.482 e. The number of ether oxygens (including phenoxy) is 2. The molecule has 4 aliphatic rings. The number of carbonyl (C=O) groups excluding carboxylic acids is 4. The van der Waals surface area contributed by atoms with E-state index in [2.05, 4.69) is 20.4 Å². The van der Waals surface area contributed by atoms with Crippen LogP contribution in [-0.2, 0) is 19.2 Å². The molecule has 0 aliphatic carbocycles. The highest BCUT2D eigenvalue weighted by Crippen LogP contribution is 2.45. The number of benzene rings is 4. The summed E-state index contributed by atoms with van der Waals surface area (Å²) >= 11 is 14.4. The average molecular weight is 826 g/mol. The number of hydrogen-bond acceptors (Lipinski definition) is 8. The van der Waals surface area contributed by atoms with Crippen molar-refractivity contribution in [2.45, 2.75) is 37.8 Å². The van der Waals surface area contributed by atoms with Crippen LogP contribution in [0.5, 0.6) is 11.5 Å². The first-order valence-corrected chi connectivity index (χ1v) is 20.5. The summed E-state index contributed by atoms with van der Waals surface area (Å²) in [5.41, 5.74) is 6.18. The predicted molar refractivity (Wildman–Crippen MR) is 226 cm³/mol. The summed E-state index contributed by atoms with van der Waals surface area (Å²) in [7, 11) is 4.00. The molecule has 58 heavy (non-hydrogen) atoms. The lowest BCUT2D eigenvalue weighted by atomic mass is 9.95. The van der Waals surface area contributed by atoms with E-state index >= 15 is 0 Å². The van der Waals surface area contributed by atoms with Gasteiger partial charge in [-0.05, 0) is 62.3 Å². The zero-order valence-electron chi connectivity index (χ0n) is 32.6. The molecule has 0 radical (unpaired) electrons. The molecule has 0 unspecified atom stereocenters. The normalized spacial score (nSPS) is 18.9. The Morgan fingerprint density at radius 1 is 0.621 bits per heavy atom. The smallest absolute Gasteiger partial charge is 0.265 e. The molecular formula is C44H46Cl2N6O6. The topological polar surface area (TPSA) is 124 Å². The molecule has 0 saturated carbocycles. The monoisotopic (exact) mass is 824 g/mol. The van der Waals surface area contributed by atoms with Crippen LogP contribution in [0.1, 0.15) is 25.7 Å². The number of anilines is 2. The summed E-state index contributed by atoms with van der Waals surface area (Å²) in [6, 6.07) is 23.5. The van der Waals surface area contributed by atoms with Crippen molar-refractivity contribution in [2.75, 3.05) is 76.4 Å². The maximum Gasteiger partial charge on any atom is 0.265 e. The standard InChI is InChI=1S/C44H46Cl2N6O6/c1-49(23-29-11-15-39(53)47-29)17-19-51-35-13-9-27(21-37(35)57-25-41(51)55)31-5-3-7-33(43(31)45)34-8-4-6-32(44(34)46)28-10-14-36-38(22-28)58-26-42(56)52(36)20-18-50(2)24-30-12-16-40(54)48-30/h3-10,13-14,21-22,29-30H,11-12,15-20,23-26H2,1-2H3,(H,47,53)(H,48,54)/t29-,30-/m0/s1. The maximum atomic E-state index is 13.0. The molecule has 4 aromatic rings. The van der Waals surface area contributed by atoms with Crippen LogP contribution in [0.3, 0.4) is 0 Å². The lowest BCUT2D eigenvalue weighted by Crippen LogP contribution is -2.44. The van der Waals surface area contributed by atoms with Crippen LogP contribution in [-0.4, -0.2) is 112 Å². The fraction of sp³-hybridized carbons (Fsp3) is 0.364. The Hall–Kier alpha value is -5.14. The van der Waals surface area contributed by atoms with Crippen LogP contribution < -0.4 is 29.9 Å². The third-order valence-electron chi connectivity index (χ3n) is 11.4. The molecule has 4 aliphatic heterocycles. The Balaban J connectivity index is 0.987.